The van der Waals surface area contributed by atoms with Crippen LogP contribution in [0, 0.1) is 31.8 Å². The van der Waals surface area contributed by atoms with Gasteiger partial charge < -0.3 is 23.7 Å². The highest BCUT2D eigenvalue weighted by atomic mass is 16.7. The number of esters is 4. The molecule has 1 fully saturated rings. The Hall–Kier alpha value is -3.87. The minimum atomic E-state index is -1.45. The molecule has 5 atom stereocenters. The Kier molecular flexibility index (Phi) is 11.9. The quantitative estimate of drug-likeness (QED) is 0.119. The molecular weight excluding hydrogens is 600 g/mol. The van der Waals surface area contributed by atoms with Gasteiger partial charge in [-0.2, -0.15) is 0 Å². The molecule has 0 radical (unpaired) electrons. The first-order chi connectivity index (χ1) is 20.8. The van der Waals surface area contributed by atoms with E-state index in [9.17, 15) is 29.3 Å². The van der Waals surface area contributed by atoms with Crippen LogP contribution in [-0.4, -0.2) is 72.3 Å². The number of aliphatic imine (C=N–C) groups is 1. The van der Waals surface area contributed by atoms with E-state index in [1.165, 1.54) is 24.4 Å². The lowest BCUT2D eigenvalue weighted by atomic mass is 9.92. The van der Waals surface area contributed by atoms with Gasteiger partial charge in [-0.1, -0.05) is 12.1 Å². The number of nitro groups is 1. The average molecular weight is 649 g/mol. The molecule has 13 heteroatoms. The smallest absolute Gasteiger partial charge is 0.311 e. The summed E-state index contributed by atoms with van der Waals surface area (Å²) in [4.78, 5) is 67.9. The zero-order chi connectivity index (χ0) is 35.4. The van der Waals surface area contributed by atoms with Gasteiger partial charge in [0.1, 0.15) is 12.7 Å². The fourth-order valence-corrected chi connectivity index (χ4v) is 3.70. The second-order valence-electron chi connectivity index (χ2n) is 15.4. The summed E-state index contributed by atoms with van der Waals surface area (Å²) in [6, 6.07) is 5.65. The maximum Gasteiger partial charge on any atom is 0.311 e. The van der Waals surface area contributed by atoms with Crippen molar-refractivity contribution in [1.82, 2.24) is 0 Å². The molecule has 0 amide bonds. The predicted molar refractivity (Wildman–Crippen MR) is 168 cm³/mol. The van der Waals surface area contributed by atoms with Crippen molar-refractivity contribution in [3.05, 3.63) is 39.9 Å². The van der Waals surface area contributed by atoms with E-state index < -0.39 is 87.7 Å². The van der Waals surface area contributed by atoms with Crippen molar-refractivity contribution in [1.29, 1.82) is 0 Å². The number of rotatable bonds is 8. The number of non-ortho nitro benzene ring substituents is 1. The zero-order valence-corrected chi connectivity index (χ0v) is 28.9. The van der Waals surface area contributed by atoms with Crippen LogP contribution in [0.15, 0.2) is 29.3 Å². The molecule has 1 aliphatic rings. The summed E-state index contributed by atoms with van der Waals surface area (Å²) in [6.45, 7) is 19.2. The molecule has 256 valence electrons. The van der Waals surface area contributed by atoms with Crippen LogP contribution in [0.1, 0.15) is 88.6 Å². The standard InChI is InChI=1S/C33H48N2O11/c1-30(2,3)26(36)42-18-21-22(44-27(37)31(4,5)6)23(45-28(38)32(7,8)9)24(46-29(39)33(10,11)12)25(43-21)34-17-19-14-13-15-20(16-19)35(40)41/h13-17,21-25H,18H2,1-12H3/b34-17+/t21-,22-,23+,24-,25-/m1/s1. The van der Waals surface area contributed by atoms with Gasteiger partial charge in [0.15, 0.2) is 24.5 Å². The predicted octanol–water partition coefficient (Wildman–Crippen LogP) is 5.20. The van der Waals surface area contributed by atoms with Crippen molar-refractivity contribution in [3.8, 4) is 0 Å². The fourth-order valence-electron chi connectivity index (χ4n) is 3.70. The van der Waals surface area contributed by atoms with Crippen LogP contribution in [0.5, 0.6) is 0 Å². The summed E-state index contributed by atoms with van der Waals surface area (Å²) in [5.41, 5.74) is -3.76. The molecular formula is C33H48N2O11. The fraction of sp³-hybridized carbons (Fsp3) is 0.667. The highest BCUT2D eigenvalue weighted by Gasteiger charge is 2.54. The molecule has 2 rings (SSSR count). The SMILES string of the molecule is CC(C)(C)C(=O)OC[C@H]1O[C@@H](/N=C/c2cccc([N+](=O)[O-])c2)[C@H](OC(=O)C(C)(C)C)[C@@H](OC(=O)C(C)(C)C)[C@@H]1OC(=O)C(C)(C)C. The number of nitrogens with zero attached hydrogens (tertiary/aromatic N) is 2. The van der Waals surface area contributed by atoms with Gasteiger partial charge in [-0.25, -0.2) is 0 Å². The number of carbonyl (C=O) groups is 4. The Balaban J connectivity index is 2.75. The Morgan fingerprint density at radius 2 is 1.22 bits per heavy atom. The molecule has 1 aliphatic heterocycles. The largest absolute Gasteiger partial charge is 0.462 e. The van der Waals surface area contributed by atoms with Gasteiger partial charge in [-0.3, -0.25) is 34.3 Å². The van der Waals surface area contributed by atoms with Gasteiger partial charge in [-0.15, -0.1) is 0 Å². The van der Waals surface area contributed by atoms with Crippen LogP contribution in [0.2, 0.25) is 0 Å². The molecule has 0 N–H and O–H groups in total. The molecule has 1 aromatic rings. The van der Waals surface area contributed by atoms with Gasteiger partial charge >= 0.3 is 23.9 Å². The number of hydrogen-bond acceptors (Lipinski definition) is 12. The lowest BCUT2D eigenvalue weighted by Gasteiger charge is -2.45. The second kappa shape index (κ2) is 14.3. The molecule has 1 saturated heterocycles. The Morgan fingerprint density at radius 3 is 1.67 bits per heavy atom. The summed E-state index contributed by atoms with van der Waals surface area (Å²) in [5, 5.41) is 11.3. The highest BCUT2D eigenvalue weighted by Crippen LogP contribution is 2.34. The zero-order valence-electron chi connectivity index (χ0n) is 28.9. The van der Waals surface area contributed by atoms with E-state index in [2.05, 4.69) is 4.99 Å². The monoisotopic (exact) mass is 648 g/mol. The van der Waals surface area contributed by atoms with Gasteiger partial charge in [0.05, 0.1) is 26.6 Å². The molecule has 1 aromatic carbocycles. The van der Waals surface area contributed by atoms with Crippen LogP contribution in [0.25, 0.3) is 0 Å². The third-order valence-electron chi connectivity index (χ3n) is 6.62. The van der Waals surface area contributed by atoms with Gasteiger partial charge in [0.2, 0.25) is 0 Å². The van der Waals surface area contributed by atoms with Crippen molar-refractivity contribution in [2.75, 3.05) is 6.61 Å². The highest BCUT2D eigenvalue weighted by molar-refractivity contribution is 5.81. The lowest BCUT2D eigenvalue weighted by molar-refractivity contribution is -0.384. The Labute approximate surface area is 270 Å². The summed E-state index contributed by atoms with van der Waals surface area (Å²) in [6.07, 6.45) is -5.62. The maximum absolute atomic E-state index is 13.3. The van der Waals surface area contributed by atoms with Gasteiger partial charge in [0.25, 0.3) is 5.69 Å². The summed E-state index contributed by atoms with van der Waals surface area (Å²) < 4.78 is 29.6. The molecule has 0 saturated carbocycles. The van der Waals surface area contributed by atoms with E-state index in [0.717, 1.165) is 0 Å². The minimum Gasteiger partial charge on any atom is -0.462 e. The molecule has 0 aliphatic carbocycles. The Bertz CT molecular complexity index is 1330. The summed E-state index contributed by atoms with van der Waals surface area (Å²) >= 11 is 0. The maximum atomic E-state index is 13.3. The number of benzene rings is 1. The first kappa shape index (κ1) is 38.3. The van der Waals surface area contributed by atoms with Crippen LogP contribution < -0.4 is 0 Å². The topological polar surface area (TPSA) is 170 Å². The van der Waals surface area contributed by atoms with Crippen LogP contribution in [0.3, 0.4) is 0 Å². The molecule has 1 heterocycles. The number of nitro benzene ring substituents is 1. The van der Waals surface area contributed by atoms with Gasteiger partial charge in [-0.05, 0) is 88.6 Å². The van der Waals surface area contributed by atoms with Crippen molar-refractivity contribution >= 4 is 35.8 Å². The van der Waals surface area contributed by atoms with Crippen molar-refractivity contribution in [2.45, 2.75) is 114 Å². The summed E-state index contributed by atoms with van der Waals surface area (Å²) in [7, 11) is 0. The third-order valence-corrected chi connectivity index (χ3v) is 6.62. The first-order valence-corrected chi connectivity index (χ1v) is 15.1. The van der Waals surface area contributed by atoms with Crippen molar-refractivity contribution in [3.63, 3.8) is 0 Å². The van der Waals surface area contributed by atoms with Crippen LogP contribution in [-0.2, 0) is 42.9 Å². The van der Waals surface area contributed by atoms with E-state index in [1.807, 2.05) is 0 Å². The first-order valence-electron chi connectivity index (χ1n) is 15.1. The number of ether oxygens (including phenoxy) is 5. The number of hydrogen-bond donors (Lipinski definition) is 0. The molecule has 13 nitrogen and oxygen atoms in total. The second-order valence-corrected chi connectivity index (χ2v) is 15.4. The minimum absolute atomic E-state index is 0.178. The number of carbonyl (C=O) groups excluding carboxylic acids is 4. The molecule has 0 spiro atoms. The summed E-state index contributed by atoms with van der Waals surface area (Å²) in [5.74, 6) is -2.63. The normalized spacial score (nSPS) is 22.6. The van der Waals surface area contributed by atoms with E-state index in [0.29, 0.717) is 5.56 Å². The van der Waals surface area contributed by atoms with Crippen molar-refractivity contribution in [2.24, 2.45) is 26.7 Å². The van der Waals surface area contributed by atoms with E-state index >= 15 is 0 Å². The Morgan fingerprint density at radius 1 is 0.761 bits per heavy atom. The molecule has 0 aromatic heterocycles. The van der Waals surface area contributed by atoms with Gasteiger partial charge in [0, 0.05) is 18.3 Å². The molecule has 0 unspecified atom stereocenters. The third kappa shape index (κ3) is 10.6. The van der Waals surface area contributed by atoms with Crippen LogP contribution in [0.4, 0.5) is 5.69 Å². The van der Waals surface area contributed by atoms with E-state index in [1.54, 1.807) is 89.2 Å². The van der Waals surface area contributed by atoms with Crippen molar-refractivity contribution < 1.29 is 47.8 Å². The van der Waals surface area contributed by atoms with E-state index in [4.69, 9.17) is 23.7 Å². The lowest BCUT2D eigenvalue weighted by Crippen LogP contribution is -2.63. The van der Waals surface area contributed by atoms with Crippen LogP contribution >= 0.6 is 0 Å². The average Bonchev–Trinajstić information content (AvgIpc) is 2.90. The van der Waals surface area contributed by atoms with E-state index in [-0.39, 0.29) is 5.69 Å². The molecule has 46 heavy (non-hydrogen) atoms. The molecule has 0 bridgehead atoms.